The Hall–Kier alpha value is -5.39. The molecule has 4 aromatic rings. The molecule has 2 saturated heterocycles. The zero-order valence-electron chi connectivity index (χ0n) is 28.5. The molecule has 0 radical (unpaired) electrons. The van der Waals surface area contributed by atoms with Crippen LogP contribution < -0.4 is 5.73 Å². The van der Waals surface area contributed by atoms with E-state index in [0.29, 0.717) is 18.1 Å². The van der Waals surface area contributed by atoms with Gasteiger partial charge in [-0.2, -0.15) is 5.21 Å². The number of tetrazole rings is 1. The molecule has 51 heavy (non-hydrogen) atoms. The van der Waals surface area contributed by atoms with Gasteiger partial charge in [0, 0.05) is 25.5 Å². The fourth-order valence-electron chi connectivity index (χ4n) is 6.19. The number of carbonyl (C=O) groups excluding carboxylic acids is 3. The molecule has 4 heterocycles. The number of hydrogen-bond donors (Lipinski definition) is 3. The van der Waals surface area contributed by atoms with Gasteiger partial charge in [-0.1, -0.05) is 55.5 Å². The minimum Gasteiger partial charge on any atom is -0.441 e. The molecule has 2 aromatic carbocycles. The zero-order chi connectivity index (χ0) is 36.3. The summed E-state index contributed by atoms with van der Waals surface area (Å²) in [5.74, 6) is 0.190. The number of imidazole rings is 1. The molecular weight excluding hydrogens is 666 g/mol. The normalized spacial score (nSPS) is 20.4. The predicted molar refractivity (Wildman–Crippen MR) is 176 cm³/mol. The van der Waals surface area contributed by atoms with Gasteiger partial charge in [-0.15, -0.1) is 10.2 Å². The molecule has 2 aliphatic rings. The van der Waals surface area contributed by atoms with Crippen LogP contribution in [0.15, 0.2) is 48.5 Å². The first kappa shape index (κ1) is 35.4. The number of esters is 1. The number of nitrogens with one attached hydrogen (secondary N) is 1. The van der Waals surface area contributed by atoms with E-state index in [1.807, 2.05) is 55.5 Å². The summed E-state index contributed by atoms with van der Waals surface area (Å²) in [5, 5.41) is 25.5. The van der Waals surface area contributed by atoms with Gasteiger partial charge in [-0.05, 0) is 42.2 Å². The van der Waals surface area contributed by atoms with Gasteiger partial charge < -0.3 is 43.8 Å². The average Bonchev–Trinajstić information content (AvgIpc) is 3.88. The highest BCUT2D eigenvalue weighted by molar-refractivity contribution is 5.89. The van der Waals surface area contributed by atoms with Crippen molar-refractivity contribution in [3.05, 3.63) is 71.3 Å². The van der Waals surface area contributed by atoms with Crippen molar-refractivity contribution in [2.45, 2.75) is 83.4 Å². The van der Waals surface area contributed by atoms with Crippen LogP contribution in [0.1, 0.15) is 61.7 Å². The molecule has 270 valence electrons. The third kappa shape index (κ3) is 7.84. The number of benzene rings is 2. The smallest absolute Gasteiger partial charge is 0.441 e. The second-order valence-corrected chi connectivity index (χ2v) is 12.7. The summed E-state index contributed by atoms with van der Waals surface area (Å²) < 4.78 is 34.1. The fourth-order valence-corrected chi connectivity index (χ4v) is 6.19. The van der Waals surface area contributed by atoms with E-state index in [0.717, 1.165) is 28.7 Å². The minimum absolute atomic E-state index is 0.0215. The number of aliphatic hydroxyl groups is 1. The standard InChI is InChI=1S/C34H39N7O10/c1-5-8-25-36-29(34(3,4)45)26(31(42)48-18(2)49-33(44)51-24-17-47-27-23(50-32(35)43)16-46-28(24)27)41(25)15-19-11-13-20(14-12-19)21-9-6-7-10-22(21)30-37-39-40-38-30/h6-7,9-14,18,23-24,27-28,45H,5,8,15-17H2,1-4H3,(H2,35,43)(H,37,38,39,40)/t18?,23-,24-,27+,28+/m0/s1. The molecule has 1 amide bonds. The van der Waals surface area contributed by atoms with Gasteiger partial charge in [0.1, 0.15) is 29.3 Å². The van der Waals surface area contributed by atoms with Crippen molar-refractivity contribution < 1.29 is 47.9 Å². The van der Waals surface area contributed by atoms with Crippen LogP contribution >= 0.6 is 0 Å². The monoisotopic (exact) mass is 705 g/mol. The SMILES string of the molecule is CCCc1nc(C(C)(C)O)c(C(=O)OC(C)OC(=O)O[C@H]2CO[C@H]3[C@@H]2OC[C@@H]3OC(N)=O)n1Cc1ccc(-c2ccccc2-c2nn[nH]n2)cc1. The average molecular weight is 706 g/mol. The number of H-pyrrole nitrogens is 1. The van der Waals surface area contributed by atoms with E-state index >= 15 is 0 Å². The number of aromatic amines is 1. The van der Waals surface area contributed by atoms with E-state index in [1.54, 1.807) is 4.57 Å². The number of aromatic nitrogens is 6. The topological polar surface area (TPSA) is 225 Å². The molecule has 17 heteroatoms. The fraction of sp³-hybridized carbons (Fsp3) is 0.441. The van der Waals surface area contributed by atoms with Crippen molar-refractivity contribution in [1.29, 1.82) is 0 Å². The Morgan fingerprint density at radius 3 is 2.29 bits per heavy atom. The third-order valence-electron chi connectivity index (χ3n) is 8.42. The lowest BCUT2D eigenvalue weighted by Crippen LogP contribution is -2.37. The maximum atomic E-state index is 13.8. The van der Waals surface area contributed by atoms with Crippen LogP contribution in [0.4, 0.5) is 9.59 Å². The van der Waals surface area contributed by atoms with E-state index in [1.165, 1.54) is 20.8 Å². The number of ether oxygens (including phenoxy) is 6. The molecule has 1 unspecified atom stereocenters. The van der Waals surface area contributed by atoms with Crippen LogP contribution in [-0.4, -0.2) is 97.4 Å². The van der Waals surface area contributed by atoms with Crippen molar-refractivity contribution in [3.8, 4) is 22.5 Å². The minimum atomic E-state index is -1.51. The predicted octanol–water partition coefficient (Wildman–Crippen LogP) is 3.24. The Morgan fingerprint density at radius 1 is 1.02 bits per heavy atom. The van der Waals surface area contributed by atoms with Gasteiger partial charge in [0.2, 0.25) is 12.1 Å². The number of nitrogens with two attached hydrogens (primary N) is 1. The maximum absolute atomic E-state index is 13.8. The molecular formula is C34H39N7O10. The van der Waals surface area contributed by atoms with Crippen molar-refractivity contribution >= 4 is 18.2 Å². The highest BCUT2D eigenvalue weighted by Crippen LogP contribution is 2.33. The summed E-state index contributed by atoms with van der Waals surface area (Å²) in [7, 11) is 0. The second kappa shape index (κ2) is 14.8. The van der Waals surface area contributed by atoms with Crippen molar-refractivity contribution in [1.82, 2.24) is 30.2 Å². The quantitative estimate of drug-likeness (QED) is 0.109. The van der Waals surface area contributed by atoms with E-state index < -0.39 is 54.5 Å². The molecule has 2 fully saturated rings. The summed E-state index contributed by atoms with van der Waals surface area (Å²) in [6.07, 6.45) is -5.19. The van der Waals surface area contributed by atoms with Crippen LogP contribution in [0, 0.1) is 0 Å². The Labute approximate surface area is 292 Å². The Bertz CT molecular complexity index is 1860. The largest absolute Gasteiger partial charge is 0.511 e. The lowest BCUT2D eigenvalue weighted by Gasteiger charge is -2.21. The zero-order valence-corrected chi connectivity index (χ0v) is 28.5. The lowest BCUT2D eigenvalue weighted by molar-refractivity contribution is -0.0993. The van der Waals surface area contributed by atoms with Crippen LogP contribution in [0.5, 0.6) is 0 Å². The van der Waals surface area contributed by atoms with Gasteiger partial charge in [-0.25, -0.2) is 19.4 Å². The third-order valence-corrected chi connectivity index (χ3v) is 8.42. The summed E-state index contributed by atoms with van der Waals surface area (Å²) in [4.78, 5) is 42.3. The molecule has 2 aromatic heterocycles. The Morgan fingerprint density at radius 2 is 1.69 bits per heavy atom. The number of rotatable bonds is 12. The van der Waals surface area contributed by atoms with E-state index in [2.05, 4.69) is 25.6 Å². The van der Waals surface area contributed by atoms with Gasteiger partial charge in [-0.3, -0.25) is 0 Å². The number of primary amides is 1. The number of amides is 1. The van der Waals surface area contributed by atoms with E-state index in [9.17, 15) is 19.5 Å². The second-order valence-electron chi connectivity index (χ2n) is 12.7. The lowest BCUT2D eigenvalue weighted by atomic mass is 9.98. The molecule has 0 saturated carbocycles. The molecule has 4 N–H and O–H groups in total. The number of aryl methyl sites for hydroxylation is 1. The molecule has 2 aliphatic heterocycles. The van der Waals surface area contributed by atoms with Gasteiger partial charge in [0.05, 0.1) is 13.2 Å². The number of nitrogens with zero attached hydrogens (tertiary/aromatic N) is 5. The summed E-state index contributed by atoms with van der Waals surface area (Å²) in [6, 6.07) is 15.5. The first-order chi connectivity index (χ1) is 24.4. The summed E-state index contributed by atoms with van der Waals surface area (Å²) in [6.45, 7) is 6.63. The number of fused-ring (bicyclic) bond motifs is 1. The van der Waals surface area contributed by atoms with E-state index in [4.69, 9.17) is 34.2 Å². The number of carbonyl (C=O) groups is 3. The first-order valence-electron chi connectivity index (χ1n) is 16.4. The van der Waals surface area contributed by atoms with Gasteiger partial charge in [0.15, 0.2) is 17.9 Å². The highest BCUT2D eigenvalue weighted by atomic mass is 16.8. The maximum Gasteiger partial charge on any atom is 0.511 e. The Kier molecular flexibility index (Phi) is 10.3. The molecule has 0 bridgehead atoms. The summed E-state index contributed by atoms with van der Waals surface area (Å²) >= 11 is 0. The highest BCUT2D eigenvalue weighted by Gasteiger charge is 2.51. The summed E-state index contributed by atoms with van der Waals surface area (Å²) in [5.41, 5.74) is 7.24. The van der Waals surface area contributed by atoms with Crippen LogP contribution in [0.3, 0.4) is 0 Å². The molecule has 17 nitrogen and oxygen atoms in total. The van der Waals surface area contributed by atoms with Crippen molar-refractivity contribution in [2.24, 2.45) is 5.73 Å². The molecule has 0 spiro atoms. The van der Waals surface area contributed by atoms with Crippen LogP contribution in [0.2, 0.25) is 0 Å². The molecule has 6 rings (SSSR count). The Balaban J connectivity index is 1.17. The van der Waals surface area contributed by atoms with Crippen molar-refractivity contribution in [2.75, 3.05) is 13.2 Å². The number of hydrogen-bond acceptors (Lipinski definition) is 14. The molecule has 0 aliphatic carbocycles. The van der Waals surface area contributed by atoms with Crippen molar-refractivity contribution in [3.63, 3.8) is 0 Å². The van der Waals surface area contributed by atoms with Crippen LogP contribution in [0.25, 0.3) is 22.5 Å². The van der Waals surface area contributed by atoms with Crippen LogP contribution in [-0.2, 0) is 47.0 Å². The molecule has 5 atom stereocenters. The first-order valence-corrected chi connectivity index (χ1v) is 16.4. The van der Waals surface area contributed by atoms with Gasteiger partial charge in [0.25, 0.3) is 0 Å². The van der Waals surface area contributed by atoms with E-state index in [-0.39, 0.29) is 31.1 Å². The van der Waals surface area contributed by atoms with Gasteiger partial charge >= 0.3 is 18.2 Å².